The van der Waals surface area contributed by atoms with Gasteiger partial charge >= 0.3 is 0 Å². The number of carbonyl (C=O) groups excluding carboxylic acids is 1. The van der Waals surface area contributed by atoms with Crippen LogP contribution in [0.25, 0.3) is 0 Å². The maximum absolute atomic E-state index is 11.5. The van der Waals surface area contributed by atoms with Gasteiger partial charge in [-0.3, -0.25) is 4.79 Å². The first kappa shape index (κ1) is 12.1. The van der Waals surface area contributed by atoms with Crippen molar-refractivity contribution in [2.75, 3.05) is 6.54 Å². The Morgan fingerprint density at radius 3 is 2.38 bits per heavy atom. The first-order chi connectivity index (χ1) is 5.75. The third kappa shape index (κ3) is 3.17. The van der Waals surface area contributed by atoms with Crippen molar-refractivity contribution in [3.05, 3.63) is 35.9 Å². The summed E-state index contributed by atoms with van der Waals surface area (Å²) in [6.07, 6.45) is 0. The molecule has 2 N–H and O–H groups in total. The van der Waals surface area contributed by atoms with E-state index in [1.165, 1.54) is 0 Å². The zero-order valence-electron chi connectivity index (χ0n) is 7.57. The predicted molar refractivity (Wildman–Crippen MR) is 56.2 cm³/mol. The summed E-state index contributed by atoms with van der Waals surface area (Å²) in [4.78, 5) is 11.5. The van der Waals surface area contributed by atoms with Gasteiger partial charge in [-0.1, -0.05) is 37.3 Å². The molecule has 0 aliphatic carbocycles. The molecular weight excluding hydrogens is 186 g/mol. The van der Waals surface area contributed by atoms with Crippen molar-refractivity contribution in [3.63, 3.8) is 0 Å². The molecular formula is C10H14ClNO. The van der Waals surface area contributed by atoms with Crippen LogP contribution in [0, 0.1) is 5.92 Å². The van der Waals surface area contributed by atoms with Gasteiger partial charge in [-0.25, -0.2) is 0 Å². The minimum Gasteiger partial charge on any atom is -0.330 e. The number of benzene rings is 1. The molecule has 0 heterocycles. The van der Waals surface area contributed by atoms with Gasteiger partial charge in [0, 0.05) is 18.0 Å². The Kier molecular flexibility index (Phi) is 5.35. The Morgan fingerprint density at radius 2 is 1.92 bits per heavy atom. The number of halogens is 1. The molecule has 3 heteroatoms. The van der Waals surface area contributed by atoms with Gasteiger partial charge in [-0.15, -0.1) is 12.4 Å². The van der Waals surface area contributed by atoms with E-state index in [1.54, 1.807) is 0 Å². The molecule has 1 aromatic rings. The summed E-state index contributed by atoms with van der Waals surface area (Å²) in [5, 5.41) is 0. The van der Waals surface area contributed by atoms with Crippen LogP contribution in [0.15, 0.2) is 30.3 Å². The van der Waals surface area contributed by atoms with Gasteiger partial charge in [0.2, 0.25) is 0 Å². The Morgan fingerprint density at radius 1 is 1.38 bits per heavy atom. The molecule has 1 unspecified atom stereocenters. The Hall–Kier alpha value is -0.860. The summed E-state index contributed by atoms with van der Waals surface area (Å²) in [5.41, 5.74) is 6.14. The number of ketones is 1. The van der Waals surface area contributed by atoms with E-state index < -0.39 is 0 Å². The molecule has 0 spiro atoms. The number of hydrogen-bond acceptors (Lipinski definition) is 2. The topological polar surface area (TPSA) is 43.1 Å². The maximum atomic E-state index is 11.5. The summed E-state index contributed by atoms with van der Waals surface area (Å²) < 4.78 is 0. The second-order valence-corrected chi connectivity index (χ2v) is 2.87. The highest BCUT2D eigenvalue weighted by atomic mass is 35.5. The monoisotopic (exact) mass is 199 g/mol. The highest BCUT2D eigenvalue weighted by Crippen LogP contribution is 2.06. The fourth-order valence-electron chi connectivity index (χ4n) is 0.994. The molecule has 0 fully saturated rings. The Balaban J connectivity index is 0.00000144. The summed E-state index contributed by atoms with van der Waals surface area (Å²) in [5.74, 6) is 0.0468. The Labute approximate surface area is 84.5 Å². The zero-order valence-corrected chi connectivity index (χ0v) is 8.38. The molecule has 0 saturated heterocycles. The first-order valence-corrected chi connectivity index (χ1v) is 4.05. The minimum atomic E-state index is -0.0765. The van der Waals surface area contributed by atoms with Crippen molar-refractivity contribution in [1.82, 2.24) is 0 Å². The van der Waals surface area contributed by atoms with Crippen LogP contribution >= 0.6 is 12.4 Å². The lowest BCUT2D eigenvalue weighted by atomic mass is 10.00. The molecule has 0 bridgehead atoms. The molecule has 72 valence electrons. The second-order valence-electron chi connectivity index (χ2n) is 2.87. The van der Waals surface area contributed by atoms with E-state index in [1.807, 2.05) is 37.3 Å². The van der Waals surface area contributed by atoms with Crippen LogP contribution in [-0.4, -0.2) is 12.3 Å². The van der Waals surface area contributed by atoms with E-state index in [0.717, 1.165) is 5.56 Å². The van der Waals surface area contributed by atoms with Crippen molar-refractivity contribution in [1.29, 1.82) is 0 Å². The van der Waals surface area contributed by atoms with Crippen molar-refractivity contribution in [2.24, 2.45) is 11.7 Å². The van der Waals surface area contributed by atoms with E-state index in [9.17, 15) is 4.79 Å². The quantitative estimate of drug-likeness (QED) is 0.756. The van der Waals surface area contributed by atoms with Crippen LogP contribution < -0.4 is 5.73 Å². The SMILES string of the molecule is CC(CN)C(=O)c1ccccc1.Cl. The number of Topliss-reactive ketones (excluding diaryl/α,β-unsaturated/α-hetero) is 1. The Bertz CT molecular complexity index is 261. The average molecular weight is 200 g/mol. The number of carbonyl (C=O) groups is 1. The predicted octanol–water partition coefficient (Wildman–Crippen LogP) is 1.89. The summed E-state index contributed by atoms with van der Waals surface area (Å²) in [6, 6.07) is 9.24. The van der Waals surface area contributed by atoms with E-state index in [-0.39, 0.29) is 24.1 Å². The molecule has 0 aliphatic rings. The summed E-state index contributed by atoms with van der Waals surface area (Å²) >= 11 is 0. The fraction of sp³-hybridized carbons (Fsp3) is 0.300. The van der Waals surface area contributed by atoms with Gasteiger partial charge in [0.1, 0.15) is 0 Å². The van der Waals surface area contributed by atoms with Gasteiger partial charge in [0.05, 0.1) is 0 Å². The first-order valence-electron chi connectivity index (χ1n) is 4.05. The van der Waals surface area contributed by atoms with Crippen LogP contribution in [0.5, 0.6) is 0 Å². The lowest BCUT2D eigenvalue weighted by Crippen LogP contribution is -2.20. The van der Waals surface area contributed by atoms with Crippen LogP contribution in [-0.2, 0) is 0 Å². The maximum Gasteiger partial charge on any atom is 0.166 e. The number of hydrogen-bond donors (Lipinski definition) is 1. The highest BCUT2D eigenvalue weighted by Gasteiger charge is 2.11. The van der Waals surface area contributed by atoms with Gasteiger partial charge in [-0.05, 0) is 0 Å². The van der Waals surface area contributed by atoms with E-state index in [4.69, 9.17) is 5.73 Å². The normalized spacial score (nSPS) is 11.5. The molecule has 0 aromatic heterocycles. The van der Waals surface area contributed by atoms with Gasteiger partial charge < -0.3 is 5.73 Å². The molecule has 0 radical (unpaired) electrons. The van der Waals surface area contributed by atoms with Crippen LogP contribution in [0.2, 0.25) is 0 Å². The minimum absolute atomic E-state index is 0. The fourth-order valence-corrected chi connectivity index (χ4v) is 0.994. The second kappa shape index (κ2) is 5.73. The van der Waals surface area contributed by atoms with Crippen molar-refractivity contribution in [2.45, 2.75) is 6.92 Å². The lowest BCUT2D eigenvalue weighted by Gasteiger charge is -2.05. The van der Waals surface area contributed by atoms with Gasteiger partial charge in [-0.2, -0.15) is 0 Å². The summed E-state index contributed by atoms with van der Waals surface area (Å²) in [6.45, 7) is 2.25. The van der Waals surface area contributed by atoms with Crippen LogP contribution in [0.1, 0.15) is 17.3 Å². The smallest absolute Gasteiger partial charge is 0.166 e. The van der Waals surface area contributed by atoms with Crippen molar-refractivity contribution >= 4 is 18.2 Å². The largest absolute Gasteiger partial charge is 0.330 e. The van der Waals surface area contributed by atoms with E-state index >= 15 is 0 Å². The van der Waals surface area contributed by atoms with E-state index in [2.05, 4.69) is 0 Å². The zero-order chi connectivity index (χ0) is 8.97. The van der Waals surface area contributed by atoms with Gasteiger partial charge in [0.15, 0.2) is 5.78 Å². The van der Waals surface area contributed by atoms with Gasteiger partial charge in [0.25, 0.3) is 0 Å². The van der Waals surface area contributed by atoms with Crippen molar-refractivity contribution < 1.29 is 4.79 Å². The number of nitrogens with two attached hydrogens (primary N) is 1. The molecule has 1 aromatic carbocycles. The highest BCUT2D eigenvalue weighted by molar-refractivity contribution is 5.97. The van der Waals surface area contributed by atoms with Crippen LogP contribution in [0.4, 0.5) is 0 Å². The third-order valence-electron chi connectivity index (χ3n) is 1.86. The molecule has 0 aliphatic heterocycles. The summed E-state index contributed by atoms with van der Waals surface area (Å²) in [7, 11) is 0. The molecule has 13 heavy (non-hydrogen) atoms. The van der Waals surface area contributed by atoms with Crippen molar-refractivity contribution in [3.8, 4) is 0 Å². The lowest BCUT2D eigenvalue weighted by molar-refractivity contribution is 0.0934. The third-order valence-corrected chi connectivity index (χ3v) is 1.86. The van der Waals surface area contributed by atoms with Crippen LogP contribution in [0.3, 0.4) is 0 Å². The van der Waals surface area contributed by atoms with E-state index in [0.29, 0.717) is 6.54 Å². The number of rotatable bonds is 3. The molecule has 0 saturated carbocycles. The molecule has 0 amide bonds. The average Bonchev–Trinajstić information content (AvgIpc) is 2.17. The molecule has 1 rings (SSSR count). The molecule has 2 nitrogen and oxygen atoms in total. The molecule has 1 atom stereocenters. The standard InChI is InChI=1S/C10H13NO.ClH/c1-8(7-11)10(12)9-5-3-2-4-6-9;/h2-6,8H,7,11H2,1H3;1H.